The summed E-state index contributed by atoms with van der Waals surface area (Å²) in [6.45, 7) is 0.275. The van der Waals surface area contributed by atoms with Crippen LogP contribution in [0.25, 0.3) is 0 Å². The van der Waals surface area contributed by atoms with Crippen molar-refractivity contribution in [1.82, 2.24) is 5.32 Å². The predicted octanol–water partition coefficient (Wildman–Crippen LogP) is 0.199. The maximum absolute atomic E-state index is 11.5. The summed E-state index contributed by atoms with van der Waals surface area (Å²) in [5.74, 6) is -0.418. The number of nitrogens with two attached hydrogens (primary N) is 1. The molecule has 1 aromatic rings. The second kappa shape index (κ2) is 6.98. The number of hydrogen-bond donors (Lipinski definition) is 2. The standard InChI is InChI=1S/C12H18N2O4S/c1-14-12(15)9-19(16,17)8-2-7-18-11-5-3-10(13)4-6-11/h3-6H,2,7-9,13H2,1H3,(H,14,15). The van der Waals surface area contributed by atoms with E-state index >= 15 is 0 Å². The number of carbonyl (C=O) groups excluding carboxylic acids is 1. The number of nitrogens with one attached hydrogen (secondary N) is 1. The van der Waals surface area contributed by atoms with Crippen LogP contribution in [0.3, 0.4) is 0 Å². The average molecular weight is 286 g/mol. The molecule has 1 aromatic carbocycles. The van der Waals surface area contributed by atoms with E-state index in [9.17, 15) is 13.2 Å². The van der Waals surface area contributed by atoms with Gasteiger partial charge in [-0.25, -0.2) is 8.42 Å². The first-order valence-electron chi connectivity index (χ1n) is 5.82. The van der Waals surface area contributed by atoms with Crippen molar-refractivity contribution in [3.8, 4) is 5.75 Å². The van der Waals surface area contributed by atoms with Gasteiger partial charge in [-0.15, -0.1) is 0 Å². The number of nitrogen functional groups attached to an aromatic ring is 1. The van der Waals surface area contributed by atoms with E-state index in [4.69, 9.17) is 10.5 Å². The van der Waals surface area contributed by atoms with Crippen LogP contribution in [0.15, 0.2) is 24.3 Å². The summed E-state index contributed by atoms with van der Waals surface area (Å²) in [4.78, 5) is 11.0. The molecule has 1 rings (SSSR count). The first-order chi connectivity index (χ1) is 8.93. The molecule has 0 atom stereocenters. The van der Waals surface area contributed by atoms with Gasteiger partial charge >= 0.3 is 0 Å². The molecule has 6 nitrogen and oxygen atoms in total. The Bertz CT molecular complexity index is 511. The summed E-state index contributed by atoms with van der Waals surface area (Å²) >= 11 is 0. The molecule has 0 bridgehead atoms. The largest absolute Gasteiger partial charge is 0.494 e. The summed E-state index contributed by atoms with van der Waals surface area (Å²) in [7, 11) is -1.96. The minimum atomic E-state index is -3.37. The summed E-state index contributed by atoms with van der Waals surface area (Å²) in [5, 5.41) is 2.28. The molecule has 0 radical (unpaired) electrons. The third-order valence-corrected chi connectivity index (χ3v) is 3.99. The zero-order valence-electron chi connectivity index (χ0n) is 10.8. The van der Waals surface area contributed by atoms with Crippen molar-refractivity contribution < 1.29 is 17.9 Å². The van der Waals surface area contributed by atoms with Gasteiger partial charge in [0.15, 0.2) is 9.84 Å². The van der Waals surface area contributed by atoms with E-state index in [2.05, 4.69) is 5.32 Å². The van der Waals surface area contributed by atoms with Crippen molar-refractivity contribution in [2.45, 2.75) is 6.42 Å². The van der Waals surface area contributed by atoms with Gasteiger partial charge in [-0.3, -0.25) is 4.79 Å². The molecule has 0 saturated carbocycles. The van der Waals surface area contributed by atoms with Gasteiger partial charge in [-0.2, -0.15) is 0 Å². The van der Waals surface area contributed by atoms with Gasteiger partial charge in [0.1, 0.15) is 11.5 Å². The molecule has 0 aliphatic carbocycles. The van der Waals surface area contributed by atoms with E-state index in [1.54, 1.807) is 24.3 Å². The summed E-state index contributed by atoms with van der Waals surface area (Å²) in [5.41, 5.74) is 6.16. The molecule has 0 aliphatic heterocycles. The fraction of sp³-hybridized carbons (Fsp3) is 0.417. The van der Waals surface area contributed by atoms with Crippen LogP contribution in [0.5, 0.6) is 5.75 Å². The molecule has 0 unspecified atom stereocenters. The van der Waals surface area contributed by atoms with E-state index in [1.165, 1.54) is 7.05 Å². The van der Waals surface area contributed by atoms with Crippen LogP contribution in [-0.2, 0) is 14.6 Å². The molecule has 19 heavy (non-hydrogen) atoms. The first kappa shape index (κ1) is 15.3. The quantitative estimate of drug-likeness (QED) is 0.551. The molecule has 0 heterocycles. The molecule has 0 spiro atoms. The van der Waals surface area contributed by atoms with Gasteiger partial charge < -0.3 is 15.8 Å². The minimum Gasteiger partial charge on any atom is -0.494 e. The number of anilines is 1. The number of rotatable bonds is 7. The van der Waals surface area contributed by atoms with Crippen LogP contribution >= 0.6 is 0 Å². The lowest BCUT2D eigenvalue weighted by Crippen LogP contribution is -2.28. The van der Waals surface area contributed by atoms with Gasteiger partial charge in [0.2, 0.25) is 5.91 Å². The molecule has 0 saturated heterocycles. The van der Waals surface area contributed by atoms with E-state index in [0.717, 1.165) is 0 Å². The van der Waals surface area contributed by atoms with Crippen LogP contribution in [0, 0.1) is 0 Å². The summed E-state index contributed by atoms with van der Waals surface area (Å²) in [6.07, 6.45) is 0.337. The van der Waals surface area contributed by atoms with Crippen LogP contribution in [0.1, 0.15) is 6.42 Å². The molecule has 7 heteroatoms. The lowest BCUT2D eigenvalue weighted by atomic mass is 10.3. The lowest BCUT2D eigenvalue weighted by molar-refractivity contribution is -0.118. The van der Waals surface area contributed by atoms with E-state index < -0.39 is 21.5 Å². The third kappa shape index (κ3) is 6.10. The fourth-order valence-electron chi connectivity index (χ4n) is 1.38. The van der Waals surface area contributed by atoms with E-state index in [0.29, 0.717) is 17.9 Å². The number of sulfone groups is 1. The van der Waals surface area contributed by atoms with E-state index in [1.807, 2.05) is 0 Å². The Morgan fingerprint density at radius 2 is 1.95 bits per heavy atom. The molecule has 0 fully saturated rings. The monoisotopic (exact) mass is 286 g/mol. The van der Waals surface area contributed by atoms with Gasteiger partial charge in [0.05, 0.1) is 12.4 Å². The van der Waals surface area contributed by atoms with Crippen molar-refractivity contribution in [1.29, 1.82) is 0 Å². The molecule has 1 amide bonds. The Morgan fingerprint density at radius 1 is 1.32 bits per heavy atom. The van der Waals surface area contributed by atoms with Crippen LogP contribution < -0.4 is 15.8 Å². The van der Waals surface area contributed by atoms with Crippen LogP contribution in [0.2, 0.25) is 0 Å². The molecule has 0 aliphatic rings. The zero-order valence-corrected chi connectivity index (χ0v) is 11.6. The van der Waals surface area contributed by atoms with Gasteiger partial charge in [0, 0.05) is 12.7 Å². The van der Waals surface area contributed by atoms with Gasteiger partial charge in [0.25, 0.3) is 0 Å². The van der Waals surface area contributed by atoms with E-state index in [-0.39, 0.29) is 12.4 Å². The van der Waals surface area contributed by atoms with Crippen molar-refractivity contribution in [3.05, 3.63) is 24.3 Å². The molecular formula is C12H18N2O4S. The summed E-state index contributed by atoms with van der Waals surface area (Å²) < 4.78 is 28.4. The van der Waals surface area contributed by atoms with Crippen molar-refractivity contribution >= 4 is 21.4 Å². The molecule has 106 valence electrons. The summed E-state index contributed by atoms with van der Waals surface area (Å²) in [6, 6.07) is 6.85. The van der Waals surface area contributed by atoms with Crippen LogP contribution in [-0.4, -0.2) is 39.5 Å². The smallest absolute Gasteiger partial charge is 0.234 e. The molecular weight excluding hydrogens is 268 g/mol. The Labute approximate surface area is 112 Å². The number of carbonyl (C=O) groups is 1. The van der Waals surface area contributed by atoms with Crippen molar-refractivity contribution in [2.24, 2.45) is 0 Å². The number of amides is 1. The topological polar surface area (TPSA) is 98.5 Å². The Kier molecular flexibility index (Phi) is 5.62. The Balaban J connectivity index is 2.30. The van der Waals surface area contributed by atoms with Gasteiger partial charge in [-0.1, -0.05) is 0 Å². The predicted molar refractivity (Wildman–Crippen MR) is 73.7 cm³/mol. The number of hydrogen-bond acceptors (Lipinski definition) is 5. The highest BCUT2D eigenvalue weighted by molar-refractivity contribution is 7.92. The van der Waals surface area contributed by atoms with Crippen LogP contribution in [0.4, 0.5) is 5.69 Å². The lowest BCUT2D eigenvalue weighted by Gasteiger charge is -2.07. The maximum Gasteiger partial charge on any atom is 0.234 e. The highest BCUT2D eigenvalue weighted by Crippen LogP contribution is 2.13. The molecule has 0 aromatic heterocycles. The van der Waals surface area contributed by atoms with Crippen molar-refractivity contribution in [3.63, 3.8) is 0 Å². The second-order valence-electron chi connectivity index (χ2n) is 4.04. The van der Waals surface area contributed by atoms with Crippen molar-refractivity contribution in [2.75, 3.05) is 30.9 Å². The Hall–Kier alpha value is -1.76. The number of benzene rings is 1. The highest BCUT2D eigenvalue weighted by Gasteiger charge is 2.15. The minimum absolute atomic E-state index is 0.0740. The normalized spacial score (nSPS) is 11.0. The SMILES string of the molecule is CNC(=O)CS(=O)(=O)CCCOc1ccc(N)cc1. The third-order valence-electron chi connectivity index (χ3n) is 2.38. The maximum atomic E-state index is 11.5. The fourth-order valence-corrected chi connectivity index (χ4v) is 2.62. The molecule has 3 N–H and O–H groups in total. The average Bonchev–Trinajstić information content (AvgIpc) is 2.36. The first-order valence-corrected chi connectivity index (χ1v) is 7.64. The number of ether oxygens (including phenoxy) is 1. The van der Waals surface area contributed by atoms with Gasteiger partial charge in [-0.05, 0) is 30.7 Å². The highest BCUT2D eigenvalue weighted by atomic mass is 32.2. The Morgan fingerprint density at radius 3 is 2.53 bits per heavy atom. The zero-order chi connectivity index (χ0) is 14.3. The second-order valence-corrected chi connectivity index (χ2v) is 6.22.